The van der Waals surface area contributed by atoms with Crippen LogP contribution in [-0.2, 0) is 0 Å². The zero-order valence-electron chi connectivity index (χ0n) is 8.21. The van der Waals surface area contributed by atoms with Crippen LogP contribution in [0, 0.1) is 4.91 Å². The van der Waals surface area contributed by atoms with Crippen molar-refractivity contribution >= 4 is 0 Å². The number of rotatable bonds is 6. The van der Waals surface area contributed by atoms with Crippen LogP contribution in [0.15, 0.2) is 41.3 Å². The Morgan fingerprint density at radius 2 is 2.31 bits per heavy atom. The van der Waals surface area contributed by atoms with E-state index in [-0.39, 0.29) is 0 Å². The normalized spacial score (nSPS) is 12.8. The summed E-state index contributed by atoms with van der Waals surface area (Å²) in [5, 5.41) is 6.06. The molecule has 3 heteroatoms. The molecule has 0 aliphatic carbocycles. The molecule has 0 heterocycles. The van der Waals surface area contributed by atoms with Crippen molar-refractivity contribution in [2.24, 2.45) is 5.18 Å². The van der Waals surface area contributed by atoms with E-state index in [1.807, 2.05) is 13.8 Å². The summed E-state index contributed by atoms with van der Waals surface area (Å²) in [4.78, 5) is 10.4. The van der Waals surface area contributed by atoms with Crippen LogP contribution in [0.5, 0.6) is 0 Å². The van der Waals surface area contributed by atoms with Gasteiger partial charge in [-0.05, 0) is 30.3 Å². The maximum Gasteiger partial charge on any atom is 0.108 e. The highest BCUT2D eigenvalue weighted by Gasteiger charge is 1.97. The van der Waals surface area contributed by atoms with Gasteiger partial charge in [0.2, 0.25) is 0 Å². The molecule has 72 valence electrons. The lowest BCUT2D eigenvalue weighted by atomic mass is 10.2. The van der Waals surface area contributed by atoms with E-state index in [9.17, 15) is 4.91 Å². The summed E-state index contributed by atoms with van der Waals surface area (Å²) in [6, 6.07) is 0. The lowest BCUT2D eigenvalue weighted by Gasteiger charge is -2.01. The monoisotopic (exact) mass is 180 g/mol. The minimum absolute atomic E-state index is 0.473. The molecule has 0 spiro atoms. The lowest BCUT2D eigenvalue weighted by Crippen LogP contribution is -2.15. The van der Waals surface area contributed by atoms with E-state index in [2.05, 4.69) is 17.1 Å². The number of likely N-dealkylation sites (N-methyl/N-ethyl adjacent to an activating group) is 1. The van der Waals surface area contributed by atoms with Gasteiger partial charge in [0.05, 0.1) is 0 Å². The molecule has 0 bridgehead atoms. The fourth-order valence-corrected chi connectivity index (χ4v) is 0.813. The lowest BCUT2D eigenvalue weighted by molar-refractivity contribution is 0.771. The van der Waals surface area contributed by atoms with Crippen molar-refractivity contribution < 1.29 is 0 Å². The Kier molecular flexibility index (Phi) is 6.73. The van der Waals surface area contributed by atoms with E-state index < -0.39 is 0 Å². The van der Waals surface area contributed by atoms with Gasteiger partial charge in [-0.15, -0.1) is 4.91 Å². The van der Waals surface area contributed by atoms with Crippen LogP contribution in [0.4, 0.5) is 0 Å². The molecule has 0 saturated heterocycles. The number of nitrogens with one attached hydrogen (secondary N) is 1. The van der Waals surface area contributed by atoms with Gasteiger partial charge in [0.1, 0.15) is 5.70 Å². The summed E-state index contributed by atoms with van der Waals surface area (Å²) >= 11 is 0. The zero-order valence-corrected chi connectivity index (χ0v) is 8.21. The third kappa shape index (κ3) is 5.09. The number of hydrogen-bond donors (Lipinski definition) is 1. The van der Waals surface area contributed by atoms with Crippen molar-refractivity contribution in [3.8, 4) is 0 Å². The van der Waals surface area contributed by atoms with Crippen molar-refractivity contribution in [2.45, 2.75) is 13.8 Å². The van der Waals surface area contributed by atoms with E-state index in [4.69, 9.17) is 0 Å². The van der Waals surface area contributed by atoms with Crippen molar-refractivity contribution in [1.29, 1.82) is 0 Å². The molecule has 0 rings (SSSR count). The first-order valence-corrected chi connectivity index (χ1v) is 4.29. The quantitative estimate of drug-likeness (QED) is 0.503. The zero-order chi connectivity index (χ0) is 10.1. The van der Waals surface area contributed by atoms with Crippen LogP contribution in [0.2, 0.25) is 0 Å². The van der Waals surface area contributed by atoms with E-state index in [1.54, 1.807) is 18.2 Å². The second-order valence-electron chi connectivity index (χ2n) is 2.63. The van der Waals surface area contributed by atoms with Gasteiger partial charge in [0, 0.05) is 6.54 Å². The number of hydrogen-bond acceptors (Lipinski definition) is 3. The fourth-order valence-electron chi connectivity index (χ4n) is 0.813. The van der Waals surface area contributed by atoms with Crippen molar-refractivity contribution in [3.63, 3.8) is 0 Å². The summed E-state index contributed by atoms with van der Waals surface area (Å²) < 4.78 is 0. The second kappa shape index (κ2) is 7.43. The van der Waals surface area contributed by atoms with Crippen LogP contribution < -0.4 is 5.32 Å². The molecule has 0 atom stereocenters. The predicted molar refractivity (Wildman–Crippen MR) is 56.4 cm³/mol. The third-order valence-corrected chi connectivity index (χ3v) is 1.57. The van der Waals surface area contributed by atoms with Crippen molar-refractivity contribution in [2.75, 3.05) is 13.1 Å². The molecular formula is C10H16N2O. The molecule has 0 aromatic heterocycles. The molecule has 0 aromatic rings. The number of nitrogens with zero attached hydrogens (tertiary/aromatic N) is 1. The van der Waals surface area contributed by atoms with Gasteiger partial charge in [0.15, 0.2) is 0 Å². The summed E-state index contributed by atoms with van der Waals surface area (Å²) in [5.41, 5.74) is 1.41. The first-order chi connectivity index (χ1) is 6.26. The maximum atomic E-state index is 10.4. The maximum absolute atomic E-state index is 10.4. The molecule has 0 aliphatic rings. The standard InChI is InChI=1S/C10H16N2O/c1-4-6-7-10(12-13)9(3)8-11-5-2/h4,6-7,11H,1,5,8H2,2-3H3/b7-6-,10-9-. The first kappa shape index (κ1) is 11.8. The van der Waals surface area contributed by atoms with Gasteiger partial charge >= 0.3 is 0 Å². The Morgan fingerprint density at radius 3 is 2.77 bits per heavy atom. The van der Waals surface area contributed by atoms with Gasteiger partial charge in [-0.3, -0.25) is 0 Å². The minimum Gasteiger partial charge on any atom is -0.313 e. The number of nitroso groups, excluding NO2 is 1. The molecular weight excluding hydrogens is 164 g/mol. The van der Waals surface area contributed by atoms with Crippen LogP contribution in [0.25, 0.3) is 0 Å². The Morgan fingerprint density at radius 1 is 1.62 bits per heavy atom. The van der Waals surface area contributed by atoms with Gasteiger partial charge in [0.25, 0.3) is 0 Å². The third-order valence-electron chi connectivity index (χ3n) is 1.57. The van der Waals surface area contributed by atoms with Gasteiger partial charge in [-0.1, -0.05) is 25.7 Å². The van der Waals surface area contributed by atoms with E-state index in [0.717, 1.165) is 12.1 Å². The largest absolute Gasteiger partial charge is 0.313 e. The van der Waals surface area contributed by atoms with Gasteiger partial charge in [-0.2, -0.15) is 0 Å². The molecule has 13 heavy (non-hydrogen) atoms. The molecule has 0 radical (unpaired) electrons. The van der Waals surface area contributed by atoms with E-state index in [1.165, 1.54) is 0 Å². The summed E-state index contributed by atoms with van der Waals surface area (Å²) in [7, 11) is 0. The Bertz CT molecular complexity index is 229. The molecule has 0 aliphatic heterocycles. The molecule has 0 unspecified atom stereocenters. The van der Waals surface area contributed by atoms with Crippen LogP contribution >= 0.6 is 0 Å². The average molecular weight is 180 g/mol. The minimum atomic E-state index is 0.473. The number of allylic oxidation sites excluding steroid dienone is 3. The molecule has 3 nitrogen and oxygen atoms in total. The fraction of sp³-hybridized carbons (Fsp3) is 0.400. The van der Waals surface area contributed by atoms with Gasteiger partial charge < -0.3 is 5.32 Å². The predicted octanol–water partition coefficient (Wildman–Crippen LogP) is 2.38. The Balaban J connectivity index is 4.38. The second-order valence-corrected chi connectivity index (χ2v) is 2.63. The van der Waals surface area contributed by atoms with Gasteiger partial charge in [-0.25, -0.2) is 0 Å². The molecule has 0 amide bonds. The Hall–Kier alpha value is -1.22. The summed E-state index contributed by atoms with van der Waals surface area (Å²) in [6.07, 6.45) is 4.98. The smallest absolute Gasteiger partial charge is 0.108 e. The molecule has 0 aromatic carbocycles. The highest BCUT2D eigenvalue weighted by Crippen LogP contribution is 2.06. The Labute approximate surface area is 79.2 Å². The molecule has 0 fully saturated rings. The van der Waals surface area contributed by atoms with Crippen molar-refractivity contribution in [3.05, 3.63) is 41.0 Å². The average Bonchev–Trinajstić information content (AvgIpc) is 2.16. The molecule has 0 saturated carbocycles. The van der Waals surface area contributed by atoms with Crippen molar-refractivity contribution in [1.82, 2.24) is 5.32 Å². The molecule has 1 N–H and O–H groups in total. The van der Waals surface area contributed by atoms with E-state index >= 15 is 0 Å². The summed E-state index contributed by atoms with van der Waals surface area (Å²) in [5.74, 6) is 0. The van der Waals surface area contributed by atoms with Crippen LogP contribution in [0.3, 0.4) is 0 Å². The summed E-state index contributed by atoms with van der Waals surface area (Å²) in [6.45, 7) is 8.99. The van der Waals surface area contributed by atoms with Crippen LogP contribution in [-0.4, -0.2) is 13.1 Å². The highest BCUT2D eigenvalue weighted by molar-refractivity contribution is 5.26. The SMILES string of the molecule is C=C/C=C\C(N=O)=C(/C)CNCC. The van der Waals surface area contributed by atoms with Crippen LogP contribution in [0.1, 0.15) is 13.8 Å². The van der Waals surface area contributed by atoms with E-state index in [0.29, 0.717) is 12.2 Å². The first-order valence-electron chi connectivity index (χ1n) is 4.29. The topological polar surface area (TPSA) is 41.5 Å². The highest BCUT2D eigenvalue weighted by atomic mass is 16.3.